The molecule has 0 bridgehead atoms. The van der Waals surface area contributed by atoms with Crippen LogP contribution in [0.3, 0.4) is 0 Å². The SMILES string of the molecule is O=C(CC1(C(=O)O)CCC1)NC1(Cc2ccccc2)CCCC1. The van der Waals surface area contributed by atoms with Crippen LogP contribution in [0.1, 0.15) is 56.9 Å². The summed E-state index contributed by atoms with van der Waals surface area (Å²) in [5.74, 6) is -0.910. The van der Waals surface area contributed by atoms with Crippen molar-refractivity contribution >= 4 is 11.9 Å². The van der Waals surface area contributed by atoms with Gasteiger partial charge in [0, 0.05) is 12.0 Å². The van der Waals surface area contributed by atoms with Gasteiger partial charge >= 0.3 is 5.97 Å². The first-order chi connectivity index (χ1) is 11.0. The molecule has 0 atom stereocenters. The van der Waals surface area contributed by atoms with E-state index in [9.17, 15) is 14.7 Å². The second-order valence-electron chi connectivity index (χ2n) is 7.31. The standard InChI is InChI=1S/C19H25NO3/c21-16(14-18(17(22)23)9-6-10-18)20-19(11-4-5-12-19)13-15-7-2-1-3-8-15/h1-3,7-8H,4-6,9-14H2,(H,20,21)(H,22,23). The highest BCUT2D eigenvalue weighted by Gasteiger charge is 2.47. The molecule has 1 aromatic carbocycles. The third kappa shape index (κ3) is 3.41. The van der Waals surface area contributed by atoms with Crippen molar-refractivity contribution in [3.05, 3.63) is 35.9 Å². The number of hydrogen-bond acceptors (Lipinski definition) is 2. The zero-order chi connectivity index (χ0) is 16.3. The van der Waals surface area contributed by atoms with Gasteiger partial charge < -0.3 is 10.4 Å². The maximum Gasteiger partial charge on any atom is 0.310 e. The Balaban J connectivity index is 1.67. The van der Waals surface area contributed by atoms with Crippen LogP contribution in [0.15, 0.2) is 30.3 Å². The fourth-order valence-corrected chi connectivity index (χ4v) is 4.10. The normalized spacial score (nSPS) is 21.4. The Hall–Kier alpha value is -1.84. The van der Waals surface area contributed by atoms with Gasteiger partial charge in [-0.2, -0.15) is 0 Å². The highest BCUT2D eigenvalue weighted by Crippen LogP contribution is 2.44. The number of nitrogens with one attached hydrogen (secondary N) is 1. The first kappa shape index (κ1) is 16.0. The molecule has 3 rings (SSSR count). The van der Waals surface area contributed by atoms with E-state index in [4.69, 9.17) is 0 Å². The van der Waals surface area contributed by atoms with Crippen molar-refractivity contribution in [3.8, 4) is 0 Å². The lowest BCUT2D eigenvalue weighted by Crippen LogP contribution is -2.51. The van der Waals surface area contributed by atoms with E-state index in [1.54, 1.807) is 0 Å². The van der Waals surface area contributed by atoms with Crippen LogP contribution in [0.25, 0.3) is 0 Å². The van der Waals surface area contributed by atoms with Gasteiger partial charge in [-0.15, -0.1) is 0 Å². The lowest BCUT2D eigenvalue weighted by atomic mass is 9.66. The van der Waals surface area contributed by atoms with Gasteiger partial charge in [0.1, 0.15) is 0 Å². The van der Waals surface area contributed by atoms with Crippen LogP contribution in [0.4, 0.5) is 0 Å². The zero-order valence-electron chi connectivity index (χ0n) is 13.5. The molecule has 1 aromatic rings. The Morgan fingerprint density at radius 3 is 2.17 bits per heavy atom. The molecule has 0 radical (unpaired) electrons. The van der Waals surface area contributed by atoms with E-state index in [1.165, 1.54) is 5.56 Å². The fourth-order valence-electron chi connectivity index (χ4n) is 4.10. The minimum Gasteiger partial charge on any atom is -0.481 e. The minimum absolute atomic E-state index is 0.0927. The molecule has 0 heterocycles. The molecule has 2 aliphatic rings. The molecule has 124 valence electrons. The smallest absolute Gasteiger partial charge is 0.310 e. The van der Waals surface area contributed by atoms with Crippen LogP contribution >= 0.6 is 0 Å². The van der Waals surface area contributed by atoms with Gasteiger partial charge in [0.15, 0.2) is 0 Å². The van der Waals surface area contributed by atoms with E-state index in [0.717, 1.165) is 38.5 Å². The van der Waals surface area contributed by atoms with E-state index in [2.05, 4.69) is 17.4 Å². The summed E-state index contributed by atoms with van der Waals surface area (Å²) in [6.07, 6.45) is 7.33. The van der Waals surface area contributed by atoms with Crippen LogP contribution < -0.4 is 5.32 Å². The summed E-state index contributed by atoms with van der Waals surface area (Å²) in [7, 11) is 0. The molecular weight excluding hydrogens is 290 g/mol. The molecule has 0 unspecified atom stereocenters. The number of carbonyl (C=O) groups excluding carboxylic acids is 1. The van der Waals surface area contributed by atoms with Crippen LogP contribution in [0, 0.1) is 5.41 Å². The maximum absolute atomic E-state index is 12.5. The quantitative estimate of drug-likeness (QED) is 0.846. The summed E-state index contributed by atoms with van der Waals surface area (Å²) in [6.45, 7) is 0. The third-order valence-corrected chi connectivity index (χ3v) is 5.61. The largest absolute Gasteiger partial charge is 0.481 e. The summed E-state index contributed by atoms with van der Waals surface area (Å²) in [5, 5.41) is 12.6. The number of carbonyl (C=O) groups is 2. The van der Waals surface area contributed by atoms with Crippen LogP contribution in [-0.4, -0.2) is 22.5 Å². The van der Waals surface area contributed by atoms with E-state index < -0.39 is 11.4 Å². The minimum atomic E-state index is -0.817. The second-order valence-corrected chi connectivity index (χ2v) is 7.31. The molecule has 1 amide bonds. The molecule has 0 saturated heterocycles. The Morgan fingerprint density at radius 2 is 1.65 bits per heavy atom. The van der Waals surface area contributed by atoms with Crippen molar-refractivity contribution in [2.24, 2.45) is 5.41 Å². The van der Waals surface area contributed by atoms with E-state index in [1.807, 2.05) is 18.2 Å². The predicted molar refractivity (Wildman–Crippen MR) is 88.0 cm³/mol. The lowest BCUT2D eigenvalue weighted by Gasteiger charge is -2.38. The Morgan fingerprint density at radius 1 is 1.00 bits per heavy atom. The van der Waals surface area contributed by atoms with E-state index >= 15 is 0 Å². The third-order valence-electron chi connectivity index (χ3n) is 5.61. The highest BCUT2D eigenvalue weighted by molar-refractivity contribution is 5.86. The van der Waals surface area contributed by atoms with Crippen molar-refractivity contribution in [3.63, 3.8) is 0 Å². The zero-order valence-corrected chi connectivity index (χ0v) is 13.5. The summed E-state index contributed by atoms with van der Waals surface area (Å²) >= 11 is 0. The average Bonchev–Trinajstić information content (AvgIpc) is 2.91. The van der Waals surface area contributed by atoms with Gasteiger partial charge in [-0.25, -0.2) is 0 Å². The summed E-state index contributed by atoms with van der Waals surface area (Å²) in [4.78, 5) is 24.0. The highest BCUT2D eigenvalue weighted by atomic mass is 16.4. The number of hydrogen-bond donors (Lipinski definition) is 2. The number of benzene rings is 1. The second kappa shape index (κ2) is 6.34. The molecule has 2 N–H and O–H groups in total. The first-order valence-electron chi connectivity index (χ1n) is 8.62. The Kier molecular flexibility index (Phi) is 4.42. The Bertz CT molecular complexity index is 572. The molecule has 4 heteroatoms. The molecule has 2 fully saturated rings. The number of rotatable bonds is 6. The first-order valence-corrected chi connectivity index (χ1v) is 8.62. The van der Waals surface area contributed by atoms with Crippen molar-refractivity contribution in [2.75, 3.05) is 0 Å². The number of amides is 1. The van der Waals surface area contributed by atoms with Gasteiger partial charge in [-0.3, -0.25) is 9.59 Å². The summed E-state index contributed by atoms with van der Waals surface area (Å²) in [5.41, 5.74) is 0.227. The van der Waals surface area contributed by atoms with Crippen LogP contribution in [0.5, 0.6) is 0 Å². The van der Waals surface area contributed by atoms with E-state index in [0.29, 0.717) is 12.8 Å². The van der Waals surface area contributed by atoms with Crippen LogP contribution in [0.2, 0.25) is 0 Å². The topological polar surface area (TPSA) is 66.4 Å². The molecule has 0 aliphatic heterocycles. The van der Waals surface area contributed by atoms with Crippen molar-refractivity contribution < 1.29 is 14.7 Å². The summed E-state index contributed by atoms with van der Waals surface area (Å²) < 4.78 is 0. The molecule has 4 nitrogen and oxygen atoms in total. The molecule has 2 saturated carbocycles. The summed E-state index contributed by atoms with van der Waals surface area (Å²) in [6, 6.07) is 10.2. The average molecular weight is 315 g/mol. The fraction of sp³-hybridized carbons (Fsp3) is 0.579. The van der Waals surface area contributed by atoms with Gasteiger partial charge in [0.05, 0.1) is 5.41 Å². The van der Waals surface area contributed by atoms with Gasteiger partial charge in [0.2, 0.25) is 5.91 Å². The molecule has 23 heavy (non-hydrogen) atoms. The molecular formula is C19H25NO3. The molecule has 0 aromatic heterocycles. The Labute approximate surface area is 137 Å². The number of carboxylic acid groups (broad SMARTS) is 1. The molecule has 0 spiro atoms. The maximum atomic E-state index is 12.5. The van der Waals surface area contributed by atoms with Gasteiger partial charge in [-0.1, -0.05) is 49.6 Å². The number of aliphatic carboxylic acids is 1. The predicted octanol–water partition coefficient (Wildman–Crippen LogP) is 3.30. The lowest BCUT2D eigenvalue weighted by molar-refractivity contribution is -0.158. The van der Waals surface area contributed by atoms with Gasteiger partial charge in [-0.05, 0) is 37.7 Å². The van der Waals surface area contributed by atoms with Crippen molar-refractivity contribution in [2.45, 2.75) is 63.3 Å². The van der Waals surface area contributed by atoms with E-state index in [-0.39, 0.29) is 17.9 Å². The van der Waals surface area contributed by atoms with Crippen molar-refractivity contribution in [1.82, 2.24) is 5.32 Å². The van der Waals surface area contributed by atoms with Crippen LogP contribution in [-0.2, 0) is 16.0 Å². The van der Waals surface area contributed by atoms with Gasteiger partial charge in [0.25, 0.3) is 0 Å². The number of carboxylic acids is 1. The monoisotopic (exact) mass is 315 g/mol. The van der Waals surface area contributed by atoms with Crippen molar-refractivity contribution in [1.29, 1.82) is 0 Å². The molecule has 2 aliphatic carbocycles.